The number of anilines is 1. The Labute approximate surface area is 128 Å². The molecule has 0 aromatic carbocycles. The van der Waals surface area contributed by atoms with Crippen LogP contribution in [0, 0.1) is 0 Å². The number of morpholine rings is 1. The van der Waals surface area contributed by atoms with Gasteiger partial charge in [0.15, 0.2) is 0 Å². The van der Waals surface area contributed by atoms with Crippen molar-refractivity contribution in [3.63, 3.8) is 0 Å². The van der Waals surface area contributed by atoms with Crippen molar-refractivity contribution >= 4 is 5.82 Å². The molecule has 1 saturated heterocycles. The molecule has 0 spiro atoms. The molecule has 1 aromatic heterocycles. The molecular weight excluding hydrogens is 262 g/mol. The first-order valence-electron chi connectivity index (χ1n) is 7.84. The highest BCUT2D eigenvalue weighted by Gasteiger charge is 2.38. The van der Waals surface area contributed by atoms with Crippen LogP contribution in [0.15, 0.2) is 12.1 Å². The zero-order valence-corrected chi connectivity index (χ0v) is 14.3. The topological polar surface area (TPSA) is 37.4 Å². The maximum atomic E-state index is 6.17. The van der Waals surface area contributed by atoms with Crippen LogP contribution < -0.4 is 10.2 Å². The van der Waals surface area contributed by atoms with Crippen molar-refractivity contribution in [2.24, 2.45) is 0 Å². The van der Waals surface area contributed by atoms with E-state index in [1.54, 1.807) is 0 Å². The Hall–Kier alpha value is -1.13. The second kappa shape index (κ2) is 5.93. The van der Waals surface area contributed by atoms with Gasteiger partial charge in [0.25, 0.3) is 0 Å². The number of rotatable bonds is 4. The molecule has 0 radical (unpaired) electrons. The van der Waals surface area contributed by atoms with E-state index in [2.05, 4.69) is 57.0 Å². The monoisotopic (exact) mass is 291 g/mol. The van der Waals surface area contributed by atoms with Crippen molar-refractivity contribution < 1.29 is 4.74 Å². The van der Waals surface area contributed by atoms with Crippen LogP contribution >= 0.6 is 0 Å². The predicted molar refractivity (Wildman–Crippen MR) is 87.8 cm³/mol. The number of aromatic nitrogens is 1. The molecule has 21 heavy (non-hydrogen) atoms. The van der Waals surface area contributed by atoms with Gasteiger partial charge in [0.2, 0.25) is 0 Å². The number of hydrogen-bond donors (Lipinski definition) is 1. The third-order valence-electron chi connectivity index (χ3n) is 3.69. The molecule has 0 unspecified atom stereocenters. The summed E-state index contributed by atoms with van der Waals surface area (Å²) in [6.45, 7) is 13.4. The largest absolute Gasteiger partial charge is 0.366 e. The van der Waals surface area contributed by atoms with Crippen LogP contribution in [0.4, 0.5) is 5.82 Å². The van der Waals surface area contributed by atoms with Crippen LogP contribution in [0.1, 0.15) is 45.9 Å². The van der Waals surface area contributed by atoms with Crippen LogP contribution in [0.25, 0.3) is 0 Å². The van der Waals surface area contributed by atoms with E-state index in [1.807, 2.05) is 7.05 Å². The summed E-state index contributed by atoms with van der Waals surface area (Å²) in [5.74, 6) is 1.07. The van der Waals surface area contributed by atoms with Gasteiger partial charge >= 0.3 is 0 Å². The second-order valence-electron chi connectivity index (χ2n) is 7.19. The molecule has 1 aromatic rings. The number of hydrogen-bond acceptors (Lipinski definition) is 4. The summed E-state index contributed by atoms with van der Waals surface area (Å²) in [5, 5.41) is 3.23. The Balaban J connectivity index is 2.33. The van der Waals surface area contributed by atoms with E-state index in [0.29, 0.717) is 0 Å². The van der Waals surface area contributed by atoms with Gasteiger partial charge in [-0.15, -0.1) is 0 Å². The van der Waals surface area contributed by atoms with Crippen LogP contribution in [-0.4, -0.2) is 36.3 Å². The van der Waals surface area contributed by atoms with E-state index in [4.69, 9.17) is 9.72 Å². The highest BCUT2D eigenvalue weighted by atomic mass is 16.5. The molecule has 118 valence electrons. The molecule has 0 atom stereocenters. The molecule has 4 nitrogen and oxygen atoms in total. The molecule has 1 aliphatic heterocycles. The third-order valence-corrected chi connectivity index (χ3v) is 3.69. The summed E-state index contributed by atoms with van der Waals surface area (Å²) in [7, 11) is 1.98. The lowest BCUT2D eigenvalue weighted by Crippen LogP contribution is -2.57. The molecule has 0 aliphatic carbocycles. The summed E-state index contributed by atoms with van der Waals surface area (Å²) in [6.07, 6.45) is 0.960. The zero-order chi connectivity index (χ0) is 15.7. The summed E-state index contributed by atoms with van der Waals surface area (Å²) < 4.78 is 6.17. The van der Waals surface area contributed by atoms with Gasteiger partial charge in [-0.25, -0.2) is 4.98 Å². The number of pyridine rings is 1. The van der Waals surface area contributed by atoms with Crippen LogP contribution in [0.5, 0.6) is 0 Å². The normalized spacial score (nSPS) is 20.6. The van der Waals surface area contributed by atoms with Gasteiger partial charge in [0.05, 0.1) is 11.2 Å². The Morgan fingerprint density at radius 2 is 1.81 bits per heavy atom. The second-order valence-corrected chi connectivity index (χ2v) is 7.19. The minimum atomic E-state index is -0.158. The van der Waals surface area contributed by atoms with Gasteiger partial charge in [0, 0.05) is 25.3 Å². The number of nitrogens with zero attached hydrogens (tertiary/aromatic N) is 2. The first kappa shape index (κ1) is 16.2. The van der Waals surface area contributed by atoms with Crippen LogP contribution in [0.2, 0.25) is 0 Å². The SMILES string of the molecule is CCc1cc(CNC)cc(N2CC(C)(C)OC(C)(C)C2)n1. The van der Waals surface area contributed by atoms with E-state index >= 15 is 0 Å². The number of nitrogens with one attached hydrogen (secondary N) is 1. The summed E-state index contributed by atoms with van der Waals surface area (Å²) in [6, 6.07) is 4.39. The minimum absolute atomic E-state index is 0.158. The lowest BCUT2D eigenvalue weighted by molar-refractivity contribution is -0.133. The van der Waals surface area contributed by atoms with Gasteiger partial charge in [-0.05, 0) is 58.9 Å². The Kier molecular flexibility index (Phi) is 4.59. The molecular formula is C17H29N3O. The van der Waals surface area contributed by atoms with E-state index in [0.717, 1.165) is 37.6 Å². The Morgan fingerprint density at radius 3 is 2.33 bits per heavy atom. The lowest BCUT2D eigenvalue weighted by Gasteiger charge is -2.47. The smallest absolute Gasteiger partial charge is 0.129 e. The fourth-order valence-corrected chi connectivity index (χ4v) is 3.23. The predicted octanol–water partition coefficient (Wildman–Crippen LogP) is 2.76. The van der Waals surface area contributed by atoms with Gasteiger partial charge in [-0.3, -0.25) is 0 Å². The van der Waals surface area contributed by atoms with E-state index < -0.39 is 0 Å². The maximum Gasteiger partial charge on any atom is 0.129 e. The highest BCUT2D eigenvalue weighted by molar-refractivity contribution is 5.44. The van der Waals surface area contributed by atoms with Crippen LogP contribution in [0.3, 0.4) is 0 Å². The van der Waals surface area contributed by atoms with E-state index in [-0.39, 0.29) is 11.2 Å². The molecule has 0 saturated carbocycles. The van der Waals surface area contributed by atoms with Crippen molar-refractivity contribution in [2.75, 3.05) is 25.0 Å². The molecule has 0 amide bonds. The van der Waals surface area contributed by atoms with Crippen molar-refractivity contribution in [3.8, 4) is 0 Å². The first-order valence-corrected chi connectivity index (χ1v) is 7.84. The molecule has 1 N–H and O–H groups in total. The standard InChI is InChI=1S/C17H29N3O/c1-7-14-8-13(10-18-6)9-15(19-14)20-11-16(2,3)21-17(4,5)12-20/h8-9,18H,7,10-12H2,1-6H3. The fourth-order valence-electron chi connectivity index (χ4n) is 3.23. The fraction of sp³-hybridized carbons (Fsp3) is 0.706. The van der Waals surface area contributed by atoms with Gasteiger partial charge < -0.3 is 15.0 Å². The Morgan fingerprint density at radius 1 is 1.19 bits per heavy atom. The average Bonchev–Trinajstić information content (AvgIpc) is 2.35. The van der Waals surface area contributed by atoms with Gasteiger partial charge in [-0.2, -0.15) is 0 Å². The molecule has 1 fully saturated rings. The van der Waals surface area contributed by atoms with Crippen LogP contribution in [-0.2, 0) is 17.7 Å². The Bertz CT molecular complexity index is 481. The summed E-state index contributed by atoms with van der Waals surface area (Å²) >= 11 is 0. The number of ether oxygens (including phenoxy) is 1. The van der Waals surface area contributed by atoms with Gasteiger partial charge in [0.1, 0.15) is 5.82 Å². The molecule has 2 rings (SSSR count). The van der Waals surface area contributed by atoms with Crippen molar-refractivity contribution in [2.45, 2.75) is 58.8 Å². The maximum absolute atomic E-state index is 6.17. The average molecular weight is 291 g/mol. The van der Waals surface area contributed by atoms with E-state index in [1.165, 1.54) is 5.56 Å². The molecule has 0 bridgehead atoms. The minimum Gasteiger partial charge on any atom is -0.366 e. The zero-order valence-electron chi connectivity index (χ0n) is 14.3. The quantitative estimate of drug-likeness (QED) is 0.925. The van der Waals surface area contributed by atoms with Gasteiger partial charge in [-0.1, -0.05) is 6.92 Å². The molecule has 2 heterocycles. The summed E-state index contributed by atoms with van der Waals surface area (Å²) in [5.41, 5.74) is 2.13. The first-order chi connectivity index (χ1) is 9.74. The lowest BCUT2D eigenvalue weighted by atomic mass is 9.98. The van der Waals surface area contributed by atoms with Crippen molar-refractivity contribution in [1.29, 1.82) is 0 Å². The van der Waals surface area contributed by atoms with Crippen molar-refractivity contribution in [3.05, 3.63) is 23.4 Å². The van der Waals surface area contributed by atoms with Crippen molar-refractivity contribution in [1.82, 2.24) is 10.3 Å². The van der Waals surface area contributed by atoms with E-state index in [9.17, 15) is 0 Å². The molecule has 4 heteroatoms. The molecule has 1 aliphatic rings. The highest BCUT2D eigenvalue weighted by Crippen LogP contribution is 2.31. The summed E-state index contributed by atoms with van der Waals surface area (Å²) in [4.78, 5) is 7.19. The number of aryl methyl sites for hydroxylation is 1. The third kappa shape index (κ3) is 4.17.